The van der Waals surface area contributed by atoms with Crippen molar-refractivity contribution in [2.45, 2.75) is 24.8 Å². The zero-order valence-electron chi connectivity index (χ0n) is 12.5. The first kappa shape index (κ1) is 16.1. The standard InChI is InChI=1S/C17H17N3OS/c1-12(2)13-5-7-15(8-6-13)20-16(21)11-22-17-14(10-18)4-3-9-19-17/h3-9,12H,11H2,1-2H3,(H,20,21). The second-order valence-electron chi connectivity index (χ2n) is 5.08. The zero-order valence-corrected chi connectivity index (χ0v) is 13.4. The van der Waals surface area contributed by atoms with Gasteiger partial charge in [0.2, 0.25) is 5.91 Å². The van der Waals surface area contributed by atoms with E-state index >= 15 is 0 Å². The van der Waals surface area contributed by atoms with E-state index in [4.69, 9.17) is 5.26 Å². The Bertz CT molecular complexity index is 690. The van der Waals surface area contributed by atoms with Crippen molar-refractivity contribution >= 4 is 23.4 Å². The zero-order chi connectivity index (χ0) is 15.9. The van der Waals surface area contributed by atoms with E-state index in [9.17, 15) is 4.79 Å². The second-order valence-corrected chi connectivity index (χ2v) is 6.05. The highest BCUT2D eigenvalue weighted by Gasteiger charge is 2.08. The molecule has 22 heavy (non-hydrogen) atoms. The van der Waals surface area contributed by atoms with Gasteiger partial charge in [-0.15, -0.1) is 0 Å². The Labute approximate surface area is 134 Å². The summed E-state index contributed by atoms with van der Waals surface area (Å²) in [4.78, 5) is 16.1. The van der Waals surface area contributed by atoms with Crippen LogP contribution in [0.25, 0.3) is 0 Å². The van der Waals surface area contributed by atoms with Gasteiger partial charge in [0.1, 0.15) is 11.1 Å². The SMILES string of the molecule is CC(C)c1ccc(NC(=O)CSc2ncccc2C#N)cc1. The lowest BCUT2D eigenvalue weighted by Gasteiger charge is -2.08. The van der Waals surface area contributed by atoms with Gasteiger partial charge in [0, 0.05) is 11.9 Å². The lowest BCUT2D eigenvalue weighted by Crippen LogP contribution is -2.14. The molecule has 0 aliphatic heterocycles. The lowest BCUT2D eigenvalue weighted by atomic mass is 10.0. The van der Waals surface area contributed by atoms with Crippen LogP contribution in [0.15, 0.2) is 47.6 Å². The number of nitrogens with zero attached hydrogens (tertiary/aromatic N) is 2. The normalized spacial score (nSPS) is 10.3. The molecule has 2 rings (SSSR count). The minimum absolute atomic E-state index is 0.114. The smallest absolute Gasteiger partial charge is 0.234 e. The number of rotatable bonds is 5. The number of benzene rings is 1. The van der Waals surface area contributed by atoms with Crippen LogP contribution in [0.2, 0.25) is 0 Å². The molecule has 1 heterocycles. The molecule has 0 atom stereocenters. The van der Waals surface area contributed by atoms with Crippen molar-refractivity contribution in [2.24, 2.45) is 0 Å². The first-order valence-electron chi connectivity index (χ1n) is 6.98. The van der Waals surface area contributed by atoms with Gasteiger partial charge in [-0.25, -0.2) is 4.98 Å². The molecule has 112 valence electrons. The Morgan fingerprint density at radius 1 is 1.32 bits per heavy atom. The third kappa shape index (κ3) is 4.34. The predicted octanol–water partition coefficient (Wildman–Crippen LogP) is 3.81. The van der Waals surface area contributed by atoms with Crippen LogP contribution in [0, 0.1) is 11.3 Å². The van der Waals surface area contributed by atoms with Crippen molar-refractivity contribution in [3.05, 3.63) is 53.7 Å². The van der Waals surface area contributed by atoms with Crippen LogP contribution in [-0.4, -0.2) is 16.6 Å². The van der Waals surface area contributed by atoms with Crippen LogP contribution in [-0.2, 0) is 4.79 Å². The third-order valence-electron chi connectivity index (χ3n) is 3.09. The summed E-state index contributed by atoms with van der Waals surface area (Å²) in [5.74, 6) is 0.572. The molecule has 4 nitrogen and oxygen atoms in total. The molecular weight excluding hydrogens is 294 g/mol. The molecule has 0 aliphatic rings. The van der Waals surface area contributed by atoms with Crippen LogP contribution >= 0.6 is 11.8 Å². The van der Waals surface area contributed by atoms with Gasteiger partial charge < -0.3 is 5.32 Å². The van der Waals surface area contributed by atoms with Crippen LogP contribution in [0.1, 0.15) is 30.9 Å². The van der Waals surface area contributed by atoms with Gasteiger partial charge in [-0.1, -0.05) is 37.7 Å². The first-order valence-corrected chi connectivity index (χ1v) is 7.96. The van der Waals surface area contributed by atoms with Crippen molar-refractivity contribution < 1.29 is 4.79 Å². The Morgan fingerprint density at radius 2 is 2.05 bits per heavy atom. The third-order valence-corrected chi connectivity index (χ3v) is 4.10. The van der Waals surface area contributed by atoms with E-state index in [1.165, 1.54) is 17.3 Å². The van der Waals surface area contributed by atoms with Gasteiger partial charge >= 0.3 is 0 Å². The number of anilines is 1. The number of aromatic nitrogens is 1. The molecule has 5 heteroatoms. The van der Waals surface area contributed by atoms with Gasteiger partial charge in [-0.2, -0.15) is 5.26 Å². The highest BCUT2D eigenvalue weighted by molar-refractivity contribution is 8.00. The molecule has 0 saturated heterocycles. The quantitative estimate of drug-likeness (QED) is 0.853. The number of nitriles is 1. The largest absolute Gasteiger partial charge is 0.325 e. The van der Waals surface area contributed by atoms with Crippen molar-refractivity contribution in [1.29, 1.82) is 5.26 Å². The number of amides is 1. The number of nitrogens with one attached hydrogen (secondary N) is 1. The fourth-order valence-electron chi connectivity index (χ4n) is 1.87. The van der Waals surface area contributed by atoms with E-state index in [2.05, 4.69) is 30.2 Å². The summed E-state index contributed by atoms with van der Waals surface area (Å²) in [7, 11) is 0. The Kier molecular flexibility index (Phi) is 5.56. The molecule has 0 fully saturated rings. The molecule has 1 N–H and O–H groups in total. The fourth-order valence-corrected chi connectivity index (χ4v) is 2.62. The van der Waals surface area contributed by atoms with E-state index in [0.717, 1.165) is 5.69 Å². The van der Waals surface area contributed by atoms with Crippen LogP contribution in [0.3, 0.4) is 0 Å². The van der Waals surface area contributed by atoms with Crippen molar-refractivity contribution in [3.8, 4) is 6.07 Å². The molecule has 0 aliphatic carbocycles. The Balaban J connectivity index is 1.92. The fraction of sp³-hybridized carbons (Fsp3) is 0.235. The maximum atomic E-state index is 12.0. The average molecular weight is 311 g/mol. The van der Waals surface area contributed by atoms with Gasteiger partial charge in [0.15, 0.2) is 0 Å². The maximum absolute atomic E-state index is 12.0. The summed E-state index contributed by atoms with van der Waals surface area (Å²) in [5, 5.41) is 12.4. The average Bonchev–Trinajstić information content (AvgIpc) is 2.53. The predicted molar refractivity (Wildman–Crippen MR) is 88.8 cm³/mol. The Hall–Kier alpha value is -2.32. The first-order chi connectivity index (χ1) is 10.6. The van der Waals surface area contributed by atoms with Crippen molar-refractivity contribution in [1.82, 2.24) is 4.98 Å². The summed E-state index contributed by atoms with van der Waals surface area (Å²) in [6.07, 6.45) is 1.62. The lowest BCUT2D eigenvalue weighted by molar-refractivity contribution is -0.113. The van der Waals surface area contributed by atoms with E-state index in [-0.39, 0.29) is 11.7 Å². The van der Waals surface area contributed by atoms with Gasteiger partial charge in [0.25, 0.3) is 0 Å². The van der Waals surface area contributed by atoms with E-state index in [1.807, 2.05) is 24.3 Å². The molecule has 1 aromatic heterocycles. The van der Waals surface area contributed by atoms with Crippen LogP contribution < -0.4 is 5.32 Å². The van der Waals surface area contributed by atoms with Gasteiger partial charge in [0.05, 0.1) is 11.3 Å². The maximum Gasteiger partial charge on any atom is 0.234 e. The molecule has 0 bridgehead atoms. The number of thioether (sulfide) groups is 1. The number of hydrogen-bond donors (Lipinski definition) is 1. The second kappa shape index (κ2) is 7.62. The van der Waals surface area contributed by atoms with Crippen LogP contribution in [0.4, 0.5) is 5.69 Å². The highest BCUT2D eigenvalue weighted by Crippen LogP contribution is 2.20. The van der Waals surface area contributed by atoms with E-state index < -0.39 is 0 Å². The summed E-state index contributed by atoms with van der Waals surface area (Å²) in [5.41, 5.74) is 2.50. The molecule has 0 radical (unpaired) electrons. The molecule has 1 amide bonds. The summed E-state index contributed by atoms with van der Waals surface area (Å²) < 4.78 is 0. The highest BCUT2D eigenvalue weighted by atomic mass is 32.2. The molecule has 0 spiro atoms. The minimum atomic E-state index is -0.114. The van der Waals surface area contributed by atoms with E-state index in [0.29, 0.717) is 16.5 Å². The number of carbonyl (C=O) groups excluding carboxylic acids is 1. The summed E-state index contributed by atoms with van der Waals surface area (Å²) in [6, 6.07) is 13.3. The molecule has 2 aromatic rings. The monoisotopic (exact) mass is 311 g/mol. The summed E-state index contributed by atoms with van der Waals surface area (Å²) >= 11 is 1.26. The topological polar surface area (TPSA) is 65.8 Å². The Morgan fingerprint density at radius 3 is 2.68 bits per heavy atom. The number of pyridine rings is 1. The minimum Gasteiger partial charge on any atom is -0.325 e. The molecular formula is C17H17N3OS. The number of hydrogen-bond acceptors (Lipinski definition) is 4. The van der Waals surface area contributed by atoms with Gasteiger partial charge in [-0.05, 0) is 35.7 Å². The van der Waals surface area contributed by atoms with E-state index in [1.54, 1.807) is 18.3 Å². The molecule has 0 unspecified atom stereocenters. The molecule has 0 saturated carbocycles. The van der Waals surface area contributed by atoms with Crippen molar-refractivity contribution in [2.75, 3.05) is 11.1 Å². The van der Waals surface area contributed by atoms with Crippen molar-refractivity contribution in [3.63, 3.8) is 0 Å². The summed E-state index contributed by atoms with van der Waals surface area (Å²) in [6.45, 7) is 4.26. The van der Waals surface area contributed by atoms with Crippen LogP contribution in [0.5, 0.6) is 0 Å². The number of carbonyl (C=O) groups is 1. The molecule has 1 aromatic carbocycles. The van der Waals surface area contributed by atoms with Gasteiger partial charge in [-0.3, -0.25) is 4.79 Å².